The van der Waals surface area contributed by atoms with Crippen LogP contribution >= 0.6 is 0 Å². The van der Waals surface area contributed by atoms with Crippen LogP contribution in [0.4, 0.5) is 5.69 Å². The summed E-state index contributed by atoms with van der Waals surface area (Å²) in [6.45, 7) is 2.21. The molecule has 2 aromatic carbocycles. The van der Waals surface area contributed by atoms with Crippen LogP contribution in [0.15, 0.2) is 54.6 Å². The summed E-state index contributed by atoms with van der Waals surface area (Å²) in [4.78, 5) is 26.7. The summed E-state index contributed by atoms with van der Waals surface area (Å²) in [5, 5.41) is 2.78. The van der Waals surface area contributed by atoms with Crippen molar-refractivity contribution in [1.82, 2.24) is 10.2 Å². The van der Waals surface area contributed by atoms with Crippen LogP contribution in [-0.4, -0.2) is 70.8 Å². The molecular formula is C23H29N3O5S. The number of carbonyl (C=O) groups is 2. The van der Waals surface area contributed by atoms with Crippen molar-refractivity contribution in [3.63, 3.8) is 0 Å². The number of morpholine rings is 1. The molecule has 2 amide bonds. The molecule has 3 rings (SSSR count). The standard InChI is InChI=1S/C23H29N3O5S/c1-32(29,30)26(18-22(27)24-13-5-8-19-6-3-2-4-7-19)21-11-9-20(10-12-21)23(28)25-14-16-31-17-15-25/h2-4,6-7,9-12H,5,8,13-18H2,1H3,(H,24,27). The maximum absolute atomic E-state index is 12.6. The molecule has 8 nitrogen and oxygen atoms in total. The molecule has 172 valence electrons. The molecule has 0 aliphatic carbocycles. The molecule has 2 aromatic rings. The highest BCUT2D eigenvalue weighted by molar-refractivity contribution is 7.92. The van der Waals surface area contributed by atoms with Gasteiger partial charge in [0, 0.05) is 25.2 Å². The summed E-state index contributed by atoms with van der Waals surface area (Å²) in [6, 6.07) is 16.2. The second kappa shape index (κ2) is 11.1. The number of rotatable bonds is 9. The first-order chi connectivity index (χ1) is 15.3. The normalized spacial score (nSPS) is 14.1. The van der Waals surface area contributed by atoms with Gasteiger partial charge in [-0.3, -0.25) is 13.9 Å². The zero-order valence-electron chi connectivity index (χ0n) is 18.2. The number of nitrogens with zero attached hydrogens (tertiary/aromatic N) is 2. The van der Waals surface area contributed by atoms with Gasteiger partial charge in [-0.15, -0.1) is 0 Å². The highest BCUT2D eigenvalue weighted by atomic mass is 32.2. The Morgan fingerprint density at radius 3 is 2.31 bits per heavy atom. The van der Waals surface area contributed by atoms with E-state index < -0.39 is 10.0 Å². The molecule has 1 N–H and O–H groups in total. The van der Waals surface area contributed by atoms with Crippen LogP contribution < -0.4 is 9.62 Å². The highest BCUT2D eigenvalue weighted by Gasteiger charge is 2.22. The smallest absolute Gasteiger partial charge is 0.254 e. The van der Waals surface area contributed by atoms with E-state index in [1.807, 2.05) is 30.3 Å². The highest BCUT2D eigenvalue weighted by Crippen LogP contribution is 2.19. The molecular weight excluding hydrogens is 430 g/mol. The van der Waals surface area contributed by atoms with Crippen molar-refractivity contribution < 1.29 is 22.7 Å². The Hall–Kier alpha value is -2.91. The average Bonchev–Trinajstić information content (AvgIpc) is 2.80. The molecule has 1 saturated heterocycles. The molecule has 32 heavy (non-hydrogen) atoms. The molecule has 0 aromatic heterocycles. The lowest BCUT2D eigenvalue weighted by atomic mass is 10.1. The largest absolute Gasteiger partial charge is 0.378 e. The van der Waals surface area contributed by atoms with E-state index in [1.54, 1.807) is 29.2 Å². The number of hydrogen-bond acceptors (Lipinski definition) is 5. The van der Waals surface area contributed by atoms with Gasteiger partial charge in [0.05, 0.1) is 25.2 Å². The van der Waals surface area contributed by atoms with Gasteiger partial charge in [-0.1, -0.05) is 30.3 Å². The number of anilines is 1. The lowest BCUT2D eigenvalue weighted by Crippen LogP contribution is -2.41. The summed E-state index contributed by atoms with van der Waals surface area (Å²) in [7, 11) is -3.68. The first-order valence-corrected chi connectivity index (χ1v) is 12.4. The minimum Gasteiger partial charge on any atom is -0.378 e. The molecule has 9 heteroatoms. The fourth-order valence-corrected chi connectivity index (χ4v) is 4.33. The van der Waals surface area contributed by atoms with E-state index in [1.165, 1.54) is 5.56 Å². The Balaban J connectivity index is 1.57. The average molecular weight is 460 g/mol. The van der Waals surface area contributed by atoms with Crippen LogP contribution in [0.2, 0.25) is 0 Å². The molecule has 0 spiro atoms. The summed E-state index contributed by atoms with van der Waals surface area (Å²) in [5.41, 5.74) is 1.99. The Labute approximate surface area is 189 Å². The number of nitrogens with one attached hydrogen (secondary N) is 1. The van der Waals surface area contributed by atoms with Crippen LogP contribution in [0.1, 0.15) is 22.3 Å². The number of ether oxygens (including phenoxy) is 1. The van der Waals surface area contributed by atoms with E-state index in [2.05, 4.69) is 5.32 Å². The fourth-order valence-electron chi connectivity index (χ4n) is 3.47. The second-order valence-corrected chi connectivity index (χ2v) is 9.57. The third kappa shape index (κ3) is 6.80. The molecule has 0 bridgehead atoms. The fraction of sp³-hybridized carbons (Fsp3) is 0.391. The second-order valence-electron chi connectivity index (χ2n) is 7.66. The van der Waals surface area contributed by atoms with Crippen molar-refractivity contribution in [3.8, 4) is 0 Å². The van der Waals surface area contributed by atoms with Crippen molar-refractivity contribution in [1.29, 1.82) is 0 Å². The quantitative estimate of drug-likeness (QED) is 0.576. The summed E-state index contributed by atoms with van der Waals surface area (Å²) < 4.78 is 30.9. The van der Waals surface area contributed by atoms with E-state index >= 15 is 0 Å². The van der Waals surface area contributed by atoms with Crippen LogP contribution in [0.25, 0.3) is 0 Å². The number of carbonyl (C=O) groups excluding carboxylic acids is 2. The van der Waals surface area contributed by atoms with Crippen molar-refractivity contribution in [2.45, 2.75) is 12.8 Å². The molecule has 0 saturated carbocycles. The SMILES string of the molecule is CS(=O)(=O)N(CC(=O)NCCCc1ccccc1)c1ccc(C(=O)N2CCOCC2)cc1. The van der Waals surface area contributed by atoms with Gasteiger partial charge in [-0.25, -0.2) is 8.42 Å². The first-order valence-electron chi connectivity index (χ1n) is 10.6. The topological polar surface area (TPSA) is 96.0 Å². The third-order valence-electron chi connectivity index (χ3n) is 5.20. The van der Waals surface area contributed by atoms with Gasteiger partial charge >= 0.3 is 0 Å². The minimum atomic E-state index is -3.68. The maximum atomic E-state index is 12.6. The summed E-state index contributed by atoms with van der Waals surface area (Å²) in [5.74, 6) is -0.501. The van der Waals surface area contributed by atoms with E-state index in [-0.39, 0.29) is 18.4 Å². The molecule has 1 heterocycles. The van der Waals surface area contributed by atoms with Gasteiger partial charge in [0.25, 0.3) is 5.91 Å². The lowest BCUT2D eigenvalue weighted by molar-refractivity contribution is -0.119. The maximum Gasteiger partial charge on any atom is 0.254 e. The van der Waals surface area contributed by atoms with Crippen molar-refractivity contribution in [3.05, 3.63) is 65.7 Å². The minimum absolute atomic E-state index is 0.123. The van der Waals surface area contributed by atoms with E-state index in [4.69, 9.17) is 4.74 Å². The zero-order chi connectivity index (χ0) is 23.0. The first kappa shape index (κ1) is 23.7. The van der Waals surface area contributed by atoms with Crippen LogP contribution in [-0.2, 0) is 26.0 Å². The number of aryl methyl sites for hydroxylation is 1. The van der Waals surface area contributed by atoms with Crippen LogP contribution in [0.3, 0.4) is 0 Å². The predicted octanol–water partition coefficient (Wildman–Crippen LogP) is 1.67. The number of sulfonamides is 1. The zero-order valence-corrected chi connectivity index (χ0v) is 19.0. The Kier molecular flexibility index (Phi) is 8.24. The Bertz CT molecular complexity index is 1000. The van der Waals surface area contributed by atoms with Crippen molar-refractivity contribution in [2.75, 3.05) is 50.0 Å². The van der Waals surface area contributed by atoms with Crippen LogP contribution in [0, 0.1) is 0 Å². The Morgan fingerprint density at radius 2 is 1.69 bits per heavy atom. The molecule has 0 unspecified atom stereocenters. The molecule has 0 radical (unpaired) electrons. The number of amides is 2. The Morgan fingerprint density at radius 1 is 1.03 bits per heavy atom. The lowest BCUT2D eigenvalue weighted by Gasteiger charge is -2.27. The van der Waals surface area contributed by atoms with Gasteiger partial charge in [0.1, 0.15) is 6.54 Å². The molecule has 0 atom stereocenters. The van der Waals surface area contributed by atoms with Crippen molar-refractivity contribution >= 4 is 27.5 Å². The van der Waals surface area contributed by atoms with Gasteiger partial charge < -0.3 is 15.0 Å². The predicted molar refractivity (Wildman–Crippen MR) is 123 cm³/mol. The monoisotopic (exact) mass is 459 g/mol. The van der Waals surface area contributed by atoms with Crippen LogP contribution in [0.5, 0.6) is 0 Å². The molecule has 1 aliphatic heterocycles. The number of benzene rings is 2. The van der Waals surface area contributed by atoms with Gasteiger partial charge in [0.2, 0.25) is 15.9 Å². The van der Waals surface area contributed by atoms with E-state index in [9.17, 15) is 18.0 Å². The molecule has 1 fully saturated rings. The summed E-state index contributed by atoms with van der Waals surface area (Å²) in [6.07, 6.45) is 2.64. The van der Waals surface area contributed by atoms with Gasteiger partial charge in [-0.2, -0.15) is 0 Å². The van der Waals surface area contributed by atoms with Gasteiger partial charge in [-0.05, 0) is 42.7 Å². The number of hydrogen-bond donors (Lipinski definition) is 1. The van der Waals surface area contributed by atoms with E-state index in [0.717, 1.165) is 23.4 Å². The third-order valence-corrected chi connectivity index (χ3v) is 6.34. The van der Waals surface area contributed by atoms with Gasteiger partial charge in [0.15, 0.2) is 0 Å². The van der Waals surface area contributed by atoms with Crippen molar-refractivity contribution in [2.24, 2.45) is 0 Å². The summed E-state index contributed by atoms with van der Waals surface area (Å²) >= 11 is 0. The molecule has 1 aliphatic rings. The van der Waals surface area contributed by atoms with E-state index in [0.29, 0.717) is 44.1 Å².